The fourth-order valence-electron chi connectivity index (χ4n) is 2.74. The monoisotopic (exact) mass is 231 g/mol. The Labute approximate surface area is 101 Å². The van der Waals surface area contributed by atoms with Gasteiger partial charge in [0.05, 0.1) is 24.6 Å². The molecule has 1 aromatic carbocycles. The molecule has 90 valence electrons. The highest BCUT2D eigenvalue weighted by Crippen LogP contribution is 2.38. The fourth-order valence-corrected chi connectivity index (χ4v) is 2.74. The number of amides is 1. The van der Waals surface area contributed by atoms with Crippen LogP contribution < -0.4 is 0 Å². The Bertz CT molecular complexity index is 463. The standard InChI is InChI=1S/C14H17NO2/c1-2-14(17)8-15(9-14)13(16)12-7-10-5-3-4-6-11(10)12/h3-6,12,17H,2,7-9H2,1H3. The highest BCUT2D eigenvalue weighted by molar-refractivity contribution is 5.87. The van der Waals surface area contributed by atoms with Gasteiger partial charge in [0.1, 0.15) is 0 Å². The summed E-state index contributed by atoms with van der Waals surface area (Å²) in [6.45, 7) is 2.96. The van der Waals surface area contributed by atoms with E-state index < -0.39 is 5.60 Å². The number of rotatable bonds is 2. The quantitative estimate of drug-likeness (QED) is 0.833. The summed E-state index contributed by atoms with van der Waals surface area (Å²) in [7, 11) is 0. The minimum atomic E-state index is -0.626. The van der Waals surface area contributed by atoms with E-state index in [9.17, 15) is 9.90 Å². The zero-order chi connectivity index (χ0) is 12.0. The lowest BCUT2D eigenvalue weighted by Crippen LogP contribution is -2.64. The highest BCUT2D eigenvalue weighted by atomic mass is 16.3. The van der Waals surface area contributed by atoms with E-state index in [1.165, 1.54) is 11.1 Å². The zero-order valence-electron chi connectivity index (χ0n) is 10.0. The number of aliphatic hydroxyl groups is 1. The Kier molecular flexibility index (Phi) is 2.26. The lowest BCUT2D eigenvalue weighted by molar-refractivity contribution is -0.157. The third kappa shape index (κ3) is 1.57. The van der Waals surface area contributed by atoms with Crippen molar-refractivity contribution in [3.63, 3.8) is 0 Å². The molecule has 0 aromatic heterocycles. The summed E-state index contributed by atoms with van der Waals surface area (Å²) in [5, 5.41) is 9.91. The van der Waals surface area contributed by atoms with Crippen LogP contribution in [0.15, 0.2) is 24.3 Å². The van der Waals surface area contributed by atoms with E-state index in [2.05, 4.69) is 6.07 Å². The van der Waals surface area contributed by atoms with E-state index in [0.29, 0.717) is 13.1 Å². The summed E-state index contributed by atoms with van der Waals surface area (Å²) in [6, 6.07) is 8.11. The van der Waals surface area contributed by atoms with Crippen LogP contribution in [0.3, 0.4) is 0 Å². The number of likely N-dealkylation sites (tertiary alicyclic amines) is 1. The van der Waals surface area contributed by atoms with E-state index in [1.807, 2.05) is 25.1 Å². The molecular weight excluding hydrogens is 214 g/mol. The molecule has 1 aliphatic carbocycles. The molecular formula is C14H17NO2. The van der Waals surface area contributed by atoms with E-state index in [1.54, 1.807) is 4.90 Å². The number of fused-ring (bicyclic) bond motifs is 1. The predicted molar refractivity (Wildman–Crippen MR) is 64.7 cm³/mol. The molecule has 2 aliphatic rings. The van der Waals surface area contributed by atoms with Crippen molar-refractivity contribution in [2.75, 3.05) is 13.1 Å². The number of carbonyl (C=O) groups excluding carboxylic acids is 1. The largest absolute Gasteiger partial charge is 0.386 e. The molecule has 3 rings (SSSR count). The maximum atomic E-state index is 12.2. The minimum Gasteiger partial charge on any atom is -0.386 e. The van der Waals surface area contributed by atoms with Gasteiger partial charge in [-0.05, 0) is 24.0 Å². The molecule has 1 saturated heterocycles. The smallest absolute Gasteiger partial charge is 0.230 e. The third-order valence-electron chi connectivity index (χ3n) is 4.09. The molecule has 1 N–H and O–H groups in total. The zero-order valence-corrected chi connectivity index (χ0v) is 10.0. The first-order chi connectivity index (χ1) is 8.13. The Hall–Kier alpha value is -1.35. The van der Waals surface area contributed by atoms with Gasteiger partial charge in [-0.1, -0.05) is 31.2 Å². The van der Waals surface area contributed by atoms with Gasteiger partial charge in [0.25, 0.3) is 0 Å². The maximum Gasteiger partial charge on any atom is 0.230 e. The summed E-state index contributed by atoms with van der Waals surface area (Å²) < 4.78 is 0. The second-order valence-corrected chi connectivity index (χ2v) is 5.23. The second kappa shape index (κ2) is 3.57. The average molecular weight is 231 g/mol. The Balaban J connectivity index is 1.67. The Morgan fingerprint density at radius 1 is 1.47 bits per heavy atom. The topological polar surface area (TPSA) is 40.5 Å². The van der Waals surface area contributed by atoms with Gasteiger partial charge in [-0.2, -0.15) is 0 Å². The molecule has 1 aromatic rings. The molecule has 0 saturated carbocycles. The van der Waals surface area contributed by atoms with Crippen LogP contribution in [0.25, 0.3) is 0 Å². The normalized spacial score (nSPS) is 24.6. The summed E-state index contributed by atoms with van der Waals surface area (Å²) in [5.41, 5.74) is 1.83. The van der Waals surface area contributed by atoms with Gasteiger partial charge in [0.15, 0.2) is 0 Å². The van der Waals surface area contributed by atoms with Gasteiger partial charge in [-0.3, -0.25) is 4.79 Å². The van der Waals surface area contributed by atoms with Crippen molar-refractivity contribution in [2.24, 2.45) is 0 Å². The van der Waals surface area contributed by atoms with E-state index in [-0.39, 0.29) is 11.8 Å². The first kappa shape index (κ1) is 10.8. The highest BCUT2D eigenvalue weighted by Gasteiger charge is 2.45. The molecule has 1 atom stereocenters. The Morgan fingerprint density at radius 3 is 2.82 bits per heavy atom. The number of hydrogen-bond acceptors (Lipinski definition) is 2. The molecule has 0 spiro atoms. The van der Waals surface area contributed by atoms with Gasteiger partial charge in [-0.15, -0.1) is 0 Å². The van der Waals surface area contributed by atoms with Crippen LogP contribution in [0.5, 0.6) is 0 Å². The van der Waals surface area contributed by atoms with Crippen molar-refractivity contribution in [1.29, 1.82) is 0 Å². The molecule has 1 heterocycles. The average Bonchev–Trinajstić information content (AvgIpc) is 2.26. The number of carbonyl (C=O) groups is 1. The van der Waals surface area contributed by atoms with E-state index in [4.69, 9.17) is 0 Å². The van der Waals surface area contributed by atoms with Gasteiger partial charge < -0.3 is 10.0 Å². The summed E-state index contributed by atoms with van der Waals surface area (Å²) in [5.74, 6) is 0.217. The van der Waals surface area contributed by atoms with Crippen LogP contribution in [0.1, 0.15) is 30.4 Å². The van der Waals surface area contributed by atoms with Gasteiger partial charge >= 0.3 is 0 Å². The molecule has 3 nitrogen and oxygen atoms in total. The number of benzene rings is 1. The van der Waals surface area contributed by atoms with Gasteiger partial charge in [0.2, 0.25) is 5.91 Å². The van der Waals surface area contributed by atoms with Crippen LogP contribution in [0.2, 0.25) is 0 Å². The van der Waals surface area contributed by atoms with E-state index in [0.717, 1.165) is 12.8 Å². The molecule has 17 heavy (non-hydrogen) atoms. The van der Waals surface area contributed by atoms with Crippen molar-refractivity contribution in [1.82, 2.24) is 4.90 Å². The molecule has 1 unspecified atom stereocenters. The van der Waals surface area contributed by atoms with Crippen molar-refractivity contribution >= 4 is 5.91 Å². The number of nitrogens with zero attached hydrogens (tertiary/aromatic N) is 1. The van der Waals surface area contributed by atoms with Crippen LogP contribution in [0.4, 0.5) is 0 Å². The van der Waals surface area contributed by atoms with Crippen molar-refractivity contribution in [3.8, 4) is 0 Å². The summed E-state index contributed by atoms with van der Waals surface area (Å²) in [4.78, 5) is 14.0. The van der Waals surface area contributed by atoms with Crippen molar-refractivity contribution in [2.45, 2.75) is 31.3 Å². The van der Waals surface area contributed by atoms with Gasteiger partial charge in [0, 0.05) is 0 Å². The van der Waals surface area contributed by atoms with E-state index >= 15 is 0 Å². The first-order valence-corrected chi connectivity index (χ1v) is 6.22. The number of hydrogen-bond donors (Lipinski definition) is 1. The third-order valence-corrected chi connectivity index (χ3v) is 4.09. The lowest BCUT2D eigenvalue weighted by Gasteiger charge is -2.48. The second-order valence-electron chi connectivity index (χ2n) is 5.23. The molecule has 0 radical (unpaired) electrons. The van der Waals surface area contributed by atoms with Crippen LogP contribution >= 0.6 is 0 Å². The SMILES string of the molecule is CCC1(O)CN(C(=O)C2Cc3ccccc32)C1. The van der Waals surface area contributed by atoms with Crippen LogP contribution in [-0.4, -0.2) is 34.6 Å². The summed E-state index contributed by atoms with van der Waals surface area (Å²) >= 11 is 0. The summed E-state index contributed by atoms with van der Waals surface area (Å²) in [6.07, 6.45) is 1.58. The van der Waals surface area contributed by atoms with Crippen LogP contribution in [-0.2, 0) is 11.2 Å². The first-order valence-electron chi connectivity index (χ1n) is 6.22. The lowest BCUT2D eigenvalue weighted by atomic mass is 9.75. The molecule has 0 bridgehead atoms. The predicted octanol–water partition coefficient (Wildman–Crippen LogP) is 1.31. The number of β-amino-alcohol motifs (C(OH)–C–C–N with tert-alkyl or cyclic N) is 1. The molecule has 1 aliphatic heterocycles. The van der Waals surface area contributed by atoms with Gasteiger partial charge in [-0.25, -0.2) is 0 Å². The molecule has 1 amide bonds. The molecule has 3 heteroatoms. The maximum absolute atomic E-state index is 12.2. The van der Waals surface area contributed by atoms with Crippen molar-refractivity contribution < 1.29 is 9.90 Å². The van der Waals surface area contributed by atoms with Crippen LogP contribution in [0, 0.1) is 0 Å². The van der Waals surface area contributed by atoms with Crippen molar-refractivity contribution in [3.05, 3.63) is 35.4 Å². The molecule has 1 fully saturated rings. The fraction of sp³-hybridized carbons (Fsp3) is 0.500. The minimum absolute atomic E-state index is 0.0348. The Morgan fingerprint density at radius 2 is 2.18 bits per heavy atom.